The molecule has 0 amide bonds. The molecule has 0 unspecified atom stereocenters. The molecule has 0 aromatic heterocycles. The van der Waals surface area contributed by atoms with Crippen molar-refractivity contribution in [1.29, 1.82) is 0 Å². The molecule has 1 aromatic carbocycles. The van der Waals surface area contributed by atoms with Crippen molar-refractivity contribution in [3.8, 4) is 0 Å². The SMILES string of the molecule is CCOC(=O)C1=C(Nc2ccc(S(F)(F)(F)(F)F)cc2)OCC1=O. The number of esters is 1. The topological polar surface area (TPSA) is 64.6 Å². The fourth-order valence-electron chi connectivity index (χ4n) is 1.84. The smallest absolute Gasteiger partial charge is 0.347 e. The summed E-state index contributed by atoms with van der Waals surface area (Å²) in [7, 11) is -9.76. The van der Waals surface area contributed by atoms with Gasteiger partial charge in [0.15, 0.2) is 12.2 Å². The van der Waals surface area contributed by atoms with Gasteiger partial charge in [-0.25, -0.2) is 4.79 Å². The van der Waals surface area contributed by atoms with Crippen LogP contribution in [0.15, 0.2) is 40.6 Å². The number of nitrogens with one attached hydrogen (secondary N) is 1. The van der Waals surface area contributed by atoms with Crippen molar-refractivity contribution in [2.24, 2.45) is 0 Å². The summed E-state index contributed by atoms with van der Waals surface area (Å²) in [4.78, 5) is 21.2. The fraction of sp³-hybridized carbons (Fsp3) is 0.231. The highest BCUT2D eigenvalue weighted by atomic mass is 32.5. The Hall–Kier alpha value is -2.30. The van der Waals surface area contributed by atoms with Gasteiger partial charge >= 0.3 is 16.2 Å². The average Bonchev–Trinajstić information content (AvgIpc) is 2.78. The Labute approximate surface area is 133 Å². The molecule has 0 radical (unpaired) electrons. The molecule has 134 valence electrons. The lowest BCUT2D eigenvalue weighted by molar-refractivity contribution is -0.139. The highest BCUT2D eigenvalue weighted by Gasteiger charge is 2.65. The molecule has 1 heterocycles. The van der Waals surface area contributed by atoms with Crippen LogP contribution in [0, 0.1) is 0 Å². The van der Waals surface area contributed by atoms with E-state index in [-0.39, 0.29) is 30.3 Å². The summed E-state index contributed by atoms with van der Waals surface area (Å²) < 4.78 is 72.8. The lowest BCUT2D eigenvalue weighted by atomic mass is 10.2. The van der Waals surface area contributed by atoms with Gasteiger partial charge in [-0.2, -0.15) is 0 Å². The molecule has 0 atom stereocenters. The fourth-order valence-corrected chi connectivity index (χ4v) is 2.49. The summed E-state index contributed by atoms with van der Waals surface area (Å²) in [6.45, 7) is 1.08. The molecule has 1 N–H and O–H groups in total. The molecule has 0 fully saturated rings. The van der Waals surface area contributed by atoms with Crippen LogP contribution in [0.25, 0.3) is 0 Å². The maximum absolute atomic E-state index is 12.6. The highest BCUT2D eigenvalue weighted by molar-refractivity contribution is 8.45. The van der Waals surface area contributed by atoms with Gasteiger partial charge < -0.3 is 14.8 Å². The first-order valence-electron chi connectivity index (χ1n) is 6.50. The summed E-state index contributed by atoms with van der Waals surface area (Å²) in [6.07, 6.45) is 0. The number of hydrogen-bond donors (Lipinski definition) is 1. The molecule has 0 saturated heterocycles. The number of carbonyl (C=O) groups is 2. The molecular formula is C13H12F5NO4S. The van der Waals surface area contributed by atoms with Crippen LogP contribution in [0.3, 0.4) is 0 Å². The lowest BCUT2D eigenvalue weighted by Crippen LogP contribution is -2.16. The van der Waals surface area contributed by atoms with Crippen LogP contribution in [0.2, 0.25) is 0 Å². The van der Waals surface area contributed by atoms with Gasteiger partial charge in [0.25, 0.3) is 0 Å². The van der Waals surface area contributed by atoms with Crippen LogP contribution in [-0.4, -0.2) is 25.0 Å². The van der Waals surface area contributed by atoms with Gasteiger partial charge in [0, 0.05) is 5.69 Å². The minimum Gasteiger partial charge on any atom is -0.470 e. The van der Waals surface area contributed by atoms with Crippen LogP contribution in [0.1, 0.15) is 6.92 Å². The van der Waals surface area contributed by atoms with Gasteiger partial charge in [-0.1, -0.05) is 19.4 Å². The number of halogens is 5. The van der Waals surface area contributed by atoms with Crippen LogP contribution < -0.4 is 5.32 Å². The Morgan fingerprint density at radius 3 is 2.29 bits per heavy atom. The van der Waals surface area contributed by atoms with Crippen molar-refractivity contribution in [2.75, 3.05) is 18.5 Å². The van der Waals surface area contributed by atoms with Crippen molar-refractivity contribution in [3.05, 3.63) is 35.7 Å². The van der Waals surface area contributed by atoms with E-state index in [0.717, 1.165) is 12.1 Å². The third-order valence-electron chi connectivity index (χ3n) is 2.89. The van der Waals surface area contributed by atoms with Crippen LogP contribution in [0.5, 0.6) is 0 Å². The first-order valence-corrected chi connectivity index (χ1v) is 8.45. The summed E-state index contributed by atoms with van der Waals surface area (Å²) in [6, 6.07) is 1.86. The molecule has 2 rings (SSSR count). The third-order valence-corrected chi connectivity index (χ3v) is 4.05. The maximum atomic E-state index is 12.6. The number of benzene rings is 1. The second-order valence-electron chi connectivity index (χ2n) is 4.75. The first-order chi connectivity index (χ1) is 10.8. The van der Waals surface area contributed by atoms with E-state index in [4.69, 9.17) is 4.74 Å². The Bertz CT molecular complexity index is 727. The average molecular weight is 373 g/mol. The molecule has 1 aliphatic rings. The van der Waals surface area contributed by atoms with E-state index in [2.05, 4.69) is 10.1 Å². The zero-order valence-corrected chi connectivity index (χ0v) is 13.0. The van der Waals surface area contributed by atoms with Gasteiger partial charge in [-0.3, -0.25) is 4.79 Å². The van der Waals surface area contributed by atoms with Crippen molar-refractivity contribution < 1.29 is 38.5 Å². The zero-order chi connectivity index (χ0) is 18.2. The number of Topliss-reactive ketones (excluding diaryl/α,β-unsaturated/α-hetero) is 1. The molecule has 1 aliphatic heterocycles. The monoisotopic (exact) mass is 373 g/mol. The van der Waals surface area contributed by atoms with Crippen molar-refractivity contribution in [2.45, 2.75) is 11.8 Å². The minimum atomic E-state index is -9.76. The Balaban J connectivity index is 2.28. The van der Waals surface area contributed by atoms with Crippen molar-refractivity contribution in [1.82, 2.24) is 0 Å². The third kappa shape index (κ3) is 3.96. The van der Waals surface area contributed by atoms with E-state index in [1.807, 2.05) is 0 Å². The van der Waals surface area contributed by atoms with Crippen molar-refractivity contribution in [3.63, 3.8) is 0 Å². The molecule has 24 heavy (non-hydrogen) atoms. The number of hydrogen-bond acceptors (Lipinski definition) is 5. The van der Waals surface area contributed by atoms with Crippen LogP contribution in [0.4, 0.5) is 25.1 Å². The first kappa shape index (κ1) is 18.0. The van der Waals surface area contributed by atoms with Crippen molar-refractivity contribution >= 4 is 27.7 Å². The Morgan fingerprint density at radius 2 is 1.79 bits per heavy atom. The molecular weight excluding hydrogens is 361 g/mol. The molecule has 0 spiro atoms. The number of anilines is 1. The van der Waals surface area contributed by atoms with E-state index in [1.165, 1.54) is 6.92 Å². The summed E-state index contributed by atoms with van der Waals surface area (Å²) in [5.74, 6) is -1.93. The number of rotatable bonds is 5. The standard InChI is InChI=1S/C13H12F5NO4S/c1-2-22-13(21)11-10(20)7-23-12(11)19-8-3-5-9(6-4-8)24(14,15,16,17)18/h3-6,19H,2,7H2,1H3. The van der Waals surface area contributed by atoms with Gasteiger partial charge in [0.2, 0.25) is 11.7 Å². The summed E-state index contributed by atoms with van der Waals surface area (Å²) >= 11 is 0. The molecule has 1 aromatic rings. The van der Waals surface area contributed by atoms with Crippen LogP contribution in [-0.2, 0) is 19.1 Å². The molecule has 11 heteroatoms. The lowest BCUT2D eigenvalue weighted by Gasteiger charge is -2.40. The van der Waals surface area contributed by atoms with E-state index < -0.39 is 39.1 Å². The van der Waals surface area contributed by atoms with E-state index in [9.17, 15) is 29.0 Å². The second kappa shape index (κ2) is 5.10. The Kier molecular flexibility index (Phi) is 3.83. The normalized spacial score (nSPS) is 17.8. The quantitative estimate of drug-likeness (QED) is 0.478. The molecule has 5 nitrogen and oxygen atoms in total. The summed E-state index contributed by atoms with van der Waals surface area (Å²) in [5.41, 5.74) is -0.499. The minimum absolute atomic E-state index is 0.00148. The predicted octanol–water partition coefficient (Wildman–Crippen LogP) is 4.13. The molecule has 0 saturated carbocycles. The predicted molar refractivity (Wildman–Crippen MR) is 76.1 cm³/mol. The van der Waals surface area contributed by atoms with Gasteiger partial charge in [-0.05, 0) is 31.2 Å². The van der Waals surface area contributed by atoms with Gasteiger partial charge in [0.05, 0.1) is 6.61 Å². The molecule has 0 bridgehead atoms. The van der Waals surface area contributed by atoms with E-state index in [0.29, 0.717) is 0 Å². The largest absolute Gasteiger partial charge is 0.470 e. The maximum Gasteiger partial charge on any atom is 0.347 e. The highest BCUT2D eigenvalue weighted by Crippen LogP contribution is 3.02. The van der Waals surface area contributed by atoms with E-state index in [1.54, 1.807) is 0 Å². The molecule has 0 aliphatic carbocycles. The number of carbonyl (C=O) groups excluding carboxylic acids is 2. The Morgan fingerprint density at radius 1 is 1.21 bits per heavy atom. The second-order valence-corrected chi connectivity index (χ2v) is 7.16. The van der Waals surface area contributed by atoms with Crippen LogP contribution >= 0.6 is 10.2 Å². The summed E-state index contributed by atoms with van der Waals surface area (Å²) in [5, 5.41) is 2.40. The number of ether oxygens (including phenoxy) is 2. The van der Waals surface area contributed by atoms with Gasteiger partial charge in [0.1, 0.15) is 4.90 Å². The van der Waals surface area contributed by atoms with E-state index >= 15 is 0 Å². The zero-order valence-electron chi connectivity index (χ0n) is 12.2. The number of ketones is 1. The van der Waals surface area contributed by atoms with Gasteiger partial charge in [-0.15, -0.1) is 0 Å².